The summed E-state index contributed by atoms with van der Waals surface area (Å²) in [6, 6.07) is -0.982. The van der Waals surface area contributed by atoms with Crippen molar-refractivity contribution in [2.24, 2.45) is 15.9 Å². The van der Waals surface area contributed by atoms with Crippen LogP contribution in [0.4, 0.5) is 0 Å². The second kappa shape index (κ2) is 6.98. The number of amides is 1. The van der Waals surface area contributed by atoms with E-state index < -0.39 is 23.7 Å². The van der Waals surface area contributed by atoms with E-state index in [0.29, 0.717) is 6.42 Å². The minimum absolute atomic E-state index is 0. The molecule has 0 N–H and O–H groups in total. The molecule has 1 heterocycles. The molecule has 1 aliphatic heterocycles. The van der Waals surface area contributed by atoms with E-state index in [0.717, 1.165) is 0 Å². The second-order valence-electron chi connectivity index (χ2n) is 2.14. The topological polar surface area (TPSA) is 87.9 Å². The van der Waals surface area contributed by atoms with Gasteiger partial charge >= 0.3 is 59.1 Å². The zero-order chi connectivity index (χ0) is 8.43. The maximum atomic E-state index is 10.8. The molecule has 0 radical (unpaired) electrons. The summed E-state index contributed by atoms with van der Waals surface area (Å²) in [6.07, 6.45) is 0.345. The monoisotopic (exact) mass is 200 g/mol. The van der Waals surface area contributed by atoms with Gasteiger partial charge in [0, 0.05) is 0 Å². The Hall–Kier alpha value is 0.610. The standard InChI is InChI=1S/C6H8N2O3.2Na/c1-2-3-4(9)7-6(11)8-5(3)10;;/h3H,2H2,1H3,(H2,7,8,9,10,11);;/q;2*+1/p-2. The van der Waals surface area contributed by atoms with Gasteiger partial charge in [0.05, 0.1) is 11.9 Å². The van der Waals surface area contributed by atoms with Crippen LogP contribution in [0.3, 0.4) is 0 Å². The Bertz CT molecular complexity index is 252. The minimum Gasteiger partial charge on any atom is -0.861 e. The maximum Gasteiger partial charge on any atom is 1.00 e. The van der Waals surface area contributed by atoms with Crippen LogP contribution in [0.15, 0.2) is 9.98 Å². The van der Waals surface area contributed by atoms with Crippen LogP contribution in [0.5, 0.6) is 0 Å². The average molecular weight is 200 g/mol. The molecular formula is C6H6N2Na2O3. The van der Waals surface area contributed by atoms with Gasteiger partial charge in [-0.15, -0.1) is 0 Å². The van der Waals surface area contributed by atoms with Crippen molar-refractivity contribution in [3.63, 3.8) is 0 Å². The van der Waals surface area contributed by atoms with Gasteiger partial charge in [0.1, 0.15) is 0 Å². The first-order chi connectivity index (χ1) is 5.15. The Kier molecular flexibility index (Phi) is 8.61. The van der Waals surface area contributed by atoms with Gasteiger partial charge in [0.2, 0.25) is 0 Å². The summed E-state index contributed by atoms with van der Waals surface area (Å²) in [5, 5.41) is 21.1. The summed E-state index contributed by atoms with van der Waals surface area (Å²) in [7, 11) is 0. The number of hydrogen-bond donors (Lipinski definition) is 0. The van der Waals surface area contributed by atoms with E-state index in [9.17, 15) is 15.0 Å². The first kappa shape index (κ1) is 16.1. The molecule has 60 valence electrons. The van der Waals surface area contributed by atoms with Crippen LogP contribution in [-0.4, -0.2) is 17.8 Å². The van der Waals surface area contributed by atoms with E-state index in [4.69, 9.17) is 0 Å². The molecule has 0 saturated carbocycles. The maximum absolute atomic E-state index is 10.8. The molecule has 0 aromatic carbocycles. The quantitative estimate of drug-likeness (QED) is 0.394. The predicted octanol–water partition coefficient (Wildman–Crippen LogP) is -7.96. The summed E-state index contributed by atoms with van der Waals surface area (Å²) in [5.41, 5.74) is 0. The molecule has 1 unspecified atom stereocenters. The van der Waals surface area contributed by atoms with Gasteiger partial charge in [-0.25, -0.2) is 4.99 Å². The molecule has 0 aromatic heterocycles. The van der Waals surface area contributed by atoms with Crippen molar-refractivity contribution >= 4 is 17.8 Å². The summed E-state index contributed by atoms with van der Waals surface area (Å²) in [6.45, 7) is 1.67. The van der Waals surface area contributed by atoms with E-state index in [-0.39, 0.29) is 59.1 Å². The van der Waals surface area contributed by atoms with Crippen LogP contribution >= 0.6 is 0 Å². The van der Waals surface area contributed by atoms with Crippen molar-refractivity contribution in [1.29, 1.82) is 0 Å². The Morgan fingerprint density at radius 3 is 2.23 bits per heavy atom. The Balaban J connectivity index is 0. The van der Waals surface area contributed by atoms with E-state index in [1.165, 1.54) is 0 Å². The van der Waals surface area contributed by atoms with E-state index in [1.54, 1.807) is 6.92 Å². The molecule has 13 heavy (non-hydrogen) atoms. The second-order valence-corrected chi connectivity index (χ2v) is 2.14. The van der Waals surface area contributed by atoms with Gasteiger partial charge in [-0.3, -0.25) is 9.79 Å². The van der Waals surface area contributed by atoms with Crippen molar-refractivity contribution in [2.75, 3.05) is 0 Å². The average Bonchev–Trinajstić information content (AvgIpc) is 1.85. The molecule has 7 heteroatoms. The largest absolute Gasteiger partial charge is 1.00 e. The normalized spacial score (nSPS) is 20.7. The summed E-state index contributed by atoms with van der Waals surface area (Å²) < 4.78 is 0. The molecule has 0 fully saturated rings. The first-order valence-electron chi connectivity index (χ1n) is 3.20. The third-order valence-electron chi connectivity index (χ3n) is 1.42. The van der Waals surface area contributed by atoms with Crippen LogP contribution in [0, 0.1) is 5.92 Å². The van der Waals surface area contributed by atoms with Gasteiger partial charge in [-0.2, -0.15) is 0 Å². The van der Waals surface area contributed by atoms with Crippen molar-refractivity contribution in [2.45, 2.75) is 13.3 Å². The van der Waals surface area contributed by atoms with Gasteiger partial charge < -0.3 is 10.2 Å². The molecule has 1 aliphatic rings. The Morgan fingerprint density at radius 1 is 1.31 bits per heavy atom. The SMILES string of the molecule is CCC1C(=O)N=C([O-])N=C1[O-].[Na+].[Na+]. The van der Waals surface area contributed by atoms with Crippen LogP contribution in [0.1, 0.15) is 13.3 Å². The van der Waals surface area contributed by atoms with E-state index in [2.05, 4.69) is 9.98 Å². The number of aliphatic imine (C=N–C) groups is 2. The molecule has 1 amide bonds. The van der Waals surface area contributed by atoms with Crippen molar-refractivity contribution in [1.82, 2.24) is 0 Å². The Labute approximate surface area is 120 Å². The van der Waals surface area contributed by atoms with Crippen LogP contribution in [0.25, 0.3) is 0 Å². The van der Waals surface area contributed by atoms with Crippen LogP contribution in [-0.2, 0) is 4.79 Å². The number of nitrogens with zero attached hydrogens (tertiary/aromatic N) is 2. The number of carbonyl (C=O) groups is 1. The number of rotatable bonds is 1. The summed E-state index contributed by atoms with van der Waals surface area (Å²) in [5.74, 6) is -2.16. The molecule has 0 spiro atoms. The molecule has 0 bridgehead atoms. The van der Waals surface area contributed by atoms with E-state index >= 15 is 0 Å². The fourth-order valence-corrected chi connectivity index (χ4v) is 0.824. The number of carbonyl (C=O) groups excluding carboxylic acids is 1. The third-order valence-corrected chi connectivity index (χ3v) is 1.42. The predicted molar refractivity (Wildman–Crippen MR) is 33.7 cm³/mol. The van der Waals surface area contributed by atoms with Crippen LogP contribution < -0.4 is 69.3 Å². The molecule has 1 atom stereocenters. The fraction of sp³-hybridized carbons (Fsp3) is 0.500. The zero-order valence-corrected chi connectivity index (χ0v) is 11.9. The van der Waals surface area contributed by atoms with Gasteiger partial charge in [-0.05, 0) is 12.3 Å². The van der Waals surface area contributed by atoms with Crippen molar-refractivity contribution in [3.05, 3.63) is 0 Å². The summed E-state index contributed by atoms with van der Waals surface area (Å²) >= 11 is 0. The molecule has 0 aromatic rings. The summed E-state index contributed by atoms with van der Waals surface area (Å²) in [4.78, 5) is 16.8. The molecule has 0 aliphatic carbocycles. The van der Waals surface area contributed by atoms with Crippen molar-refractivity contribution in [3.8, 4) is 0 Å². The number of amidine groups is 1. The number of hydrogen-bond acceptors (Lipinski definition) is 4. The minimum atomic E-state index is -0.982. The van der Waals surface area contributed by atoms with Crippen LogP contribution in [0.2, 0.25) is 0 Å². The molecule has 5 nitrogen and oxygen atoms in total. The van der Waals surface area contributed by atoms with E-state index in [1.807, 2.05) is 0 Å². The van der Waals surface area contributed by atoms with Crippen molar-refractivity contribution < 1.29 is 74.1 Å². The first-order valence-corrected chi connectivity index (χ1v) is 3.20. The van der Waals surface area contributed by atoms with Gasteiger partial charge in [0.15, 0.2) is 0 Å². The Morgan fingerprint density at radius 2 is 1.85 bits per heavy atom. The van der Waals surface area contributed by atoms with Gasteiger partial charge in [-0.1, -0.05) is 6.92 Å². The molecular weight excluding hydrogens is 194 g/mol. The smallest absolute Gasteiger partial charge is 0.861 e. The molecule has 0 saturated heterocycles. The molecule has 1 rings (SSSR count). The van der Waals surface area contributed by atoms with Gasteiger partial charge in [0.25, 0.3) is 5.91 Å². The third kappa shape index (κ3) is 4.10. The zero-order valence-electron chi connectivity index (χ0n) is 7.90. The fourth-order valence-electron chi connectivity index (χ4n) is 0.824.